The van der Waals surface area contributed by atoms with E-state index in [1.807, 2.05) is 12.1 Å². The predicted octanol–water partition coefficient (Wildman–Crippen LogP) is 2.25. The first-order chi connectivity index (χ1) is 14.5. The smallest absolute Gasteiger partial charge is 0.212 e. The molecule has 0 bridgehead atoms. The van der Waals surface area contributed by atoms with Crippen molar-refractivity contribution in [3.05, 3.63) is 59.7 Å². The van der Waals surface area contributed by atoms with Crippen LogP contribution >= 0.6 is 0 Å². The zero-order chi connectivity index (χ0) is 20.7. The number of ether oxygens (including phenoxy) is 1. The average Bonchev–Trinajstić information content (AvgIpc) is 3.50. The number of hydrogen-bond donors (Lipinski definition) is 2. The fourth-order valence-corrected chi connectivity index (χ4v) is 6.18. The minimum absolute atomic E-state index is 0.0107. The van der Waals surface area contributed by atoms with E-state index in [4.69, 9.17) is 10.5 Å². The fraction of sp³-hybridized carbons (Fsp3) is 0.478. The number of fused-ring (bicyclic) bond motifs is 1. The Labute approximate surface area is 178 Å². The van der Waals surface area contributed by atoms with Gasteiger partial charge in [-0.15, -0.1) is 0 Å². The summed E-state index contributed by atoms with van der Waals surface area (Å²) in [6.45, 7) is 1.91. The molecule has 2 aromatic rings. The lowest BCUT2D eigenvalue weighted by Gasteiger charge is -2.42. The van der Waals surface area contributed by atoms with Crippen LogP contribution < -0.4 is 20.1 Å². The van der Waals surface area contributed by atoms with E-state index in [1.165, 1.54) is 5.56 Å². The summed E-state index contributed by atoms with van der Waals surface area (Å²) in [7, 11) is -3.16. The van der Waals surface area contributed by atoms with Crippen LogP contribution in [0.3, 0.4) is 0 Å². The molecule has 2 atom stereocenters. The van der Waals surface area contributed by atoms with Gasteiger partial charge in [0.25, 0.3) is 0 Å². The van der Waals surface area contributed by atoms with Gasteiger partial charge in [0, 0.05) is 36.3 Å². The van der Waals surface area contributed by atoms with Crippen molar-refractivity contribution < 1.29 is 13.2 Å². The summed E-state index contributed by atoms with van der Waals surface area (Å²) in [4.78, 5) is 2.21. The molecule has 2 fully saturated rings. The van der Waals surface area contributed by atoms with Crippen LogP contribution in [0.1, 0.15) is 29.9 Å². The Kier molecular flexibility index (Phi) is 5.21. The minimum Gasteiger partial charge on any atom is -0.492 e. The van der Waals surface area contributed by atoms with Crippen LogP contribution in [0.25, 0.3) is 0 Å². The Morgan fingerprint density at radius 3 is 2.60 bits per heavy atom. The lowest BCUT2D eigenvalue weighted by atomic mass is 9.84. The third-order valence-electron chi connectivity index (χ3n) is 6.38. The molecule has 3 N–H and O–H groups in total. The molecule has 0 spiro atoms. The van der Waals surface area contributed by atoms with Crippen molar-refractivity contribution in [1.82, 2.24) is 4.72 Å². The summed E-state index contributed by atoms with van der Waals surface area (Å²) in [6.07, 6.45) is 2.97. The SMILES string of the molecule is N[C@@H]1COc2ccc(N3CC(NS(=O)(=O)CC4CC4)C3)cc2[C@@H]1Cc1ccccc1. The summed E-state index contributed by atoms with van der Waals surface area (Å²) in [5, 5.41) is 0. The number of benzene rings is 2. The van der Waals surface area contributed by atoms with Crippen LogP contribution in [0, 0.1) is 5.92 Å². The van der Waals surface area contributed by atoms with Gasteiger partial charge in [-0.25, -0.2) is 13.1 Å². The monoisotopic (exact) mass is 427 g/mol. The summed E-state index contributed by atoms with van der Waals surface area (Å²) >= 11 is 0. The summed E-state index contributed by atoms with van der Waals surface area (Å²) < 4.78 is 33.2. The first-order valence-corrected chi connectivity index (χ1v) is 12.4. The maximum atomic E-state index is 12.2. The van der Waals surface area contributed by atoms with Crippen molar-refractivity contribution in [2.75, 3.05) is 30.3 Å². The second-order valence-electron chi connectivity index (χ2n) is 8.94. The van der Waals surface area contributed by atoms with Crippen LogP contribution in [0.15, 0.2) is 48.5 Å². The van der Waals surface area contributed by atoms with Crippen molar-refractivity contribution in [2.24, 2.45) is 11.7 Å². The van der Waals surface area contributed by atoms with Crippen molar-refractivity contribution >= 4 is 15.7 Å². The largest absolute Gasteiger partial charge is 0.492 e. The third-order valence-corrected chi connectivity index (χ3v) is 7.99. The highest BCUT2D eigenvalue weighted by molar-refractivity contribution is 7.89. The maximum Gasteiger partial charge on any atom is 0.212 e. The molecule has 0 aromatic heterocycles. The molecule has 0 unspecified atom stereocenters. The first kappa shape index (κ1) is 19.8. The molecule has 2 heterocycles. The van der Waals surface area contributed by atoms with Crippen molar-refractivity contribution in [2.45, 2.75) is 37.3 Å². The minimum atomic E-state index is -3.16. The lowest BCUT2D eigenvalue weighted by Crippen LogP contribution is -2.59. The highest BCUT2D eigenvalue weighted by Gasteiger charge is 2.35. The number of nitrogens with two attached hydrogens (primary N) is 1. The van der Waals surface area contributed by atoms with E-state index in [9.17, 15) is 8.42 Å². The molecule has 30 heavy (non-hydrogen) atoms. The quantitative estimate of drug-likeness (QED) is 0.708. The highest BCUT2D eigenvalue weighted by Crippen LogP contribution is 2.38. The predicted molar refractivity (Wildman–Crippen MR) is 118 cm³/mol. The number of nitrogens with zero attached hydrogens (tertiary/aromatic N) is 1. The normalized spacial score (nSPS) is 24.1. The molecule has 5 rings (SSSR count). The molecule has 6 nitrogen and oxygen atoms in total. The summed E-state index contributed by atoms with van der Waals surface area (Å²) in [5.41, 5.74) is 9.95. The summed E-state index contributed by atoms with van der Waals surface area (Å²) in [5.74, 6) is 1.75. The molecule has 0 radical (unpaired) electrons. The molecule has 7 heteroatoms. The van der Waals surface area contributed by atoms with Crippen LogP contribution in [0.5, 0.6) is 5.75 Å². The van der Waals surface area contributed by atoms with Gasteiger partial charge >= 0.3 is 0 Å². The van der Waals surface area contributed by atoms with Gasteiger partial charge in [-0.3, -0.25) is 0 Å². The van der Waals surface area contributed by atoms with Gasteiger partial charge in [-0.1, -0.05) is 30.3 Å². The van der Waals surface area contributed by atoms with Crippen molar-refractivity contribution in [3.63, 3.8) is 0 Å². The van der Waals surface area contributed by atoms with Gasteiger partial charge in [0.2, 0.25) is 10.0 Å². The molecule has 0 amide bonds. The van der Waals surface area contributed by atoms with E-state index >= 15 is 0 Å². The zero-order valence-electron chi connectivity index (χ0n) is 17.0. The van der Waals surface area contributed by atoms with Gasteiger partial charge in [-0.05, 0) is 48.9 Å². The Morgan fingerprint density at radius 2 is 1.87 bits per heavy atom. The zero-order valence-corrected chi connectivity index (χ0v) is 17.9. The van der Waals surface area contributed by atoms with Gasteiger partial charge in [0.15, 0.2) is 0 Å². The number of anilines is 1. The van der Waals surface area contributed by atoms with E-state index in [0.717, 1.165) is 36.3 Å². The molecular formula is C23H29N3O3S. The number of hydrogen-bond acceptors (Lipinski definition) is 5. The van der Waals surface area contributed by atoms with Gasteiger partial charge in [0.05, 0.1) is 11.8 Å². The molecule has 2 aliphatic heterocycles. The van der Waals surface area contributed by atoms with Gasteiger partial charge in [0.1, 0.15) is 12.4 Å². The Morgan fingerprint density at radius 1 is 1.10 bits per heavy atom. The average molecular weight is 428 g/mol. The van der Waals surface area contributed by atoms with Crippen LogP contribution in [-0.2, 0) is 16.4 Å². The van der Waals surface area contributed by atoms with E-state index in [2.05, 4.69) is 46.0 Å². The first-order valence-electron chi connectivity index (χ1n) is 10.8. The van der Waals surface area contributed by atoms with Crippen LogP contribution in [-0.4, -0.2) is 46.0 Å². The highest BCUT2D eigenvalue weighted by atomic mass is 32.2. The molecular weight excluding hydrogens is 398 g/mol. The lowest BCUT2D eigenvalue weighted by molar-refractivity contribution is 0.238. The topological polar surface area (TPSA) is 84.7 Å². The Bertz CT molecular complexity index is 1000. The molecule has 1 saturated carbocycles. The van der Waals surface area contributed by atoms with Crippen LogP contribution in [0.2, 0.25) is 0 Å². The third kappa shape index (κ3) is 4.33. The maximum absolute atomic E-state index is 12.2. The standard InChI is InChI=1S/C23H29N3O3S/c24-22-14-29-23-9-8-19(11-21(23)20(22)10-16-4-2-1-3-5-16)26-12-18(13-26)25-30(27,28)15-17-6-7-17/h1-5,8-9,11,17-18,20,22,25H,6-7,10,12-15,24H2/t20-,22+/m0/s1. The Balaban J connectivity index is 1.28. The van der Waals surface area contributed by atoms with Gasteiger partial charge < -0.3 is 15.4 Å². The van der Waals surface area contributed by atoms with Crippen LogP contribution in [0.4, 0.5) is 5.69 Å². The number of nitrogens with one attached hydrogen (secondary N) is 1. The second kappa shape index (κ2) is 7.87. The van der Waals surface area contributed by atoms with E-state index in [1.54, 1.807) is 0 Å². The van der Waals surface area contributed by atoms with Gasteiger partial charge in [-0.2, -0.15) is 0 Å². The van der Waals surface area contributed by atoms with E-state index in [-0.39, 0.29) is 23.8 Å². The molecule has 3 aliphatic rings. The van der Waals surface area contributed by atoms with Crippen molar-refractivity contribution in [1.29, 1.82) is 0 Å². The van der Waals surface area contributed by atoms with E-state index in [0.29, 0.717) is 25.6 Å². The number of sulfonamides is 1. The van der Waals surface area contributed by atoms with Crippen molar-refractivity contribution in [3.8, 4) is 5.75 Å². The fourth-order valence-electron chi connectivity index (χ4n) is 4.48. The molecule has 160 valence electrons. The molecule has 1 saturated heterocycles. The second-order valence-corrected chi connectivity index (χ2v) is 10.7. The van der Waals surface area contributed by atoms with E-state index < -0.39 is 10.0 Å². The summed E-state index contributed by atoms with van der Waals surface area (Å²) in [6, 6.07) is 16.6. The molecule has 1 aliphatic carbocycles. The molecule has 2 aromatic carbocycles. The number of rotatable bonds is 7. The Hall–Kier alpha value is -2.09.